The van der Waals surface area contributed by atoms with Crippen LogP contribution in [-0.4, -0.2) is 45.8 Å². The van der Waals surface area contributed by atoms with Crippen LogP contribution in [0, 0.1) is 0 Å². The molecule has 1 N–H and O–H groups in total. The van der Waals surface area contributed by atoms with Crippen LogP contribution in [0.5, 0.6) is 0 Å². The Morgan fingerprint density at radius 1 is 1.21 bits per heavy atom. The Bertz CT molecular complexity index is 816. The van der Waals surface area contributed by atoms with E-state index in [1.165, 1.54) is 17.5 Å². The molecule has 0 saturated carbocycles. The Kier molecular flexibility index (Phi) is 4.06. The highest BCUT2D eigenvalue weighted by atomic mass is 16.2. The Morgan fingerprint density at radius 2 is 2.08 bits per heavy atom. The smallest absolute Gasteiger partial charge is 0.275 e. The van der Waals surface area contributed by atoms with Crippen molar-refractivity contribution in [3.63, 3.8) is 0 Å². The SMILES string of the molecule is O=C(Cn1ncc2ccccc2c1=O)N[C@@H]1CCN2CCCC[C@@H]12. The van der Waals surface area contributed by atoms with E-state index in [2.05, 4.69) is 15.3 Å². The van der Waals surface area contributed by atoms with Gasteiger partial charge in [-0.2, -0.15) is 5.10 Å². The monoisotopic (exact) mass is 326 g/mol. The number of benzene rings is 1. The summed E-state index contributed by atoms with van der Waals surface area (Å²) in [5, 5.41) is 8.65. The first-order chi connectivity index (χ1) is 11.7. The third-order valence-electron chi connectivity index (χ3n) is 5.26. The van der Waals surface area contributed by atoms with Gasteiger partial charge in [0.1, 0.15) is 6.54 Å². The quantitative estimate of drug-likeness (QED) is 0.918. The summed E-state index contributed by atoms with van der Waals surface area (Å²) in [4.78, 5) is 27.3. The van der Waals surface area contributed by atoms with Crippen molar-refractivity contribution < 1.29 is 4.79 Å². The summed E-state index contributed by atoms with van der Waals surface area (Å²) in [5.74, 6) is -0.127. The molecular weight excluding hydrogens is 304 g/mol. The number of rotatable bonds is 3. The van der Waals surface area contributed by atoms with Crippen molar-refractivity contribution in [2.45, 2.75) is 44.3 Å². The number of hydrogen-bond donors (Lipinski definition) is 1. The first kappa shape index (κ1) is 15.3. The van der Waals surface area contributed by atoms with E-state index in [1.54, 1.807) is 12.3 Å². The number of fused-ring (bicyclic) bond motifs is 2. The predicted molar refractivity (Wildman–Crippen MR) is 91.8 cm³/mol. The van der Waals surface area contributed by atoms with Gasteiger partial charge in [-0.3, -0.25) is 14.5 Å². The fourth-order valence-electron chi connectivity index (χ4n) is 4.04. The minimum absolute atomic E-state index is 0.0209. The molecule has 6 nitrogen and oxygen atoms in total. The molecule has 2 atom stereocenters. The molecule has 6 heteroatoms. The van der Waals surface area contributed by atoms with Crippen LogP contribution in [0.3, 0.4) is 0 Å². The van der Waals surface area contributed by atoms with E-state index in [0.29, 0.717) is 11.4 Å². The van der Waals surface area contributed by atoms with Crippen LogP contribution in [-0.2, 0) is 11.3 Å². The predicted octanol–water partition coefficient (Wildman–Crippen LogP) is 1.14. The highest BCUT2D eigenvalue weighted by molar-refractivity contribution is 5.81. The van der Waals surface area contributed by atoms with Gasteiger partial charge in [-0.25, -0.2) is 4.68 Å². The molecule has 1 amide bonds. The molecule has 1 aromatic carbocycles. The number of nitrogens with one attached hydrogen (secondary N) is 1. The van der Waals surface area contributed by atoms with Crippen LogP contribution >= 0.6 is 0 Å². The van der Waals surface area contributed by atoms with Crippen LogP contribution in [0.4, 0.5) is 0 Å². The third-order valence-corrected chi connectivity index (χ3v) is 5.26. The topological polar surface area (TPSA) is 67.2 Å². The molecule has 2 fully saturated rings. The molecule has 0 radical (unpaired) electrons. The van der Waals surface area contributed by atoms with Gasteiger partial charge in [-0.15, -0.1) is 0 Å². The van der Waals surface area contributed by atoms with E-state index in [4.69, 9.17) is 0 Å². The van der Waals surface area contributed by atoms with E-state index < -0.39 is 0 Å². The lowest BCUT2D eigenvalue weighted by atomic mass is 9.99. The van der Waals surface area contributed by atoms with Gasteiger partial charge in [0.25, 0.3) is 5.56 Å². The van der Waals surface area contributed by atoms with E-state index in [1.807, 2.05) is 18.2 Å². The molecule has 0 bridgehead atoms. The van der Waals surface area contributed by atoms with E-state index >= 15 is 0 Å². The van der Waals surface area contributed by atoms with E-state index in [9.17, 15) is 9.59 Å². The molecule has 24 heavy (non-hydrogen) atoms. The minimum atomic E-state index is -0.214. The van der Waals surface area contributed by atoms with Crippen molar-refractivity contribution in [2.75, 3.05) is 13.1 Å². The molecule has 3 heterocycles. The first-order valence-corrected chi connectivity index (χ1v) is 8.71. The van der Waals surface area contributed by atoms with Crippen LogP contribution in [0.25, 0.3) is 10.8 Å². The number of aromatic nitrogens is 2. The molecule has 2 aliphatic heterocycles. The molecule has 0 spiro atoms. The minimum Gasteiger partial charge on any atom is -0.350 e. The molecule has 4 rings (SSSR count). The number of piperidine rings is 1. The summed E-state index contributed by atoms with van der Waals surface area (Å²) < 4.78 is 1.26. The largest absolute Gasteiger partial charge is 0.350 e. The van der Waals surface area contributed by atoms with Gasteiger partial charge in [0, 0.05) is 24.0 Å². The molecular formula is C18H22N4O2. The van der Waals surface area contributed by atoms with Crippen LogP contribution in [0.2, 0.25) is 0 Å². The second-order valence-electron chi connectivity index (χ2n) is 6.76. The summed E-state index contributed by atoms with van der Waals surface area (Å²) in [6, 6.07) is 7.98. The van der Waals surface area contributed by atoms with Gasteiger partial charge in [-0.1, -0.05) is 24.6 Å². The number of carbonyl (C=O) groups is 1. The number of hydrogen-bond acceptors (Lipinski definition) is 4. The lowest BCUT2D eigenvalue weighted by Crippen LogP contribution is -2.48. The fourth-order valence-corrected chi connectivity index (χ4v) is 4.04. The maximum Gasteiger partial charge on any atom is 0.275 e. The summed E-state index contributed by atoms with van der Waals surface area (Å²) in [7, 11) is 0. The number of amides is 1. The number of carbonyl (C=O) groups excluding carboxylic acids is 1. The van der Waals surface area contributed by atoms with Crippen LogP contribution in [0.15, 0.2) is 35.3 Å². The lowest BCUT2D eigenvalue weighted by molar-refractivity contribution is -0.122. The van der Waals surface area contributed by atoms with Gasteiger partial charge in [0.05, 0.1) is 11.6 Å². The van der Waals surface area contributed by atoms with Crippen molar-refractivity contribution in [2.24, 2.45) is 0 Å². The molecule has 0 unspecified atom stereocenters. The second-order valence-corrected chi connectivity index (χ2v) is 6.76. The van der Waals surface area contributed by atoms with Gasteiger partial charge >= 0.3 is 0 Å². The van der Waals surface area contributed by atoms with Gasteiger partial charge in [-0.05, 0) is 31.9 Å². The van der Waals surface area contributed by atoms with Crippen molar-refractivity contribution >= 4 is 16.7 Å². The van der Waals surface area contributed by atoms with Gasteiger partial charge in [0.15, 0.2) is 0 Å². The van der Waals surface area contributed by atoms with Crippen LogP contribution in [0.1, 0.15) is 25.7 Å². The average molecular weight is 326 g/mol. The Labute approximate surface area is 140 Å². The van der Waals surface area contributed by atoms with Crippen LogP contribution < -0.4 is 10.9 Å². The summed E-state index contributed by atoms with van der Waals surface area (Å²) in [6.07, 6.45) is 6.28. The standard InChI is InChI=1S/C18H22N4O2/c23-17(20-15-8-10-21-9-4-3-7-16(15)21)12-22-18(24)14-6-2-1-5-13(14)11-19-22/h1-2,5-6,11,15-16H,3-4,7-10,12H2,(H,20,23)/t15-,16+/m1/s1. The fraction of sp³-hybridized carbons (Fsp3) is 0.500. The van der Waals surface area contributed by atoms with Crippen molar-refractivity contribution in [3.8, 4) is 0 Å². The number of nitrogens with zero attached hydrogens (tertiary/aromatic N) is 3. The first-order valence-electron chi connectivity index (χ1n) is 8.71. The van der Waals surface area contributed by atoms with Crippen molar-refractivity contribution in [1.82, 2.24) is 20.0 Å². The zero-order chi connectivity index (χ0) is 16.5. The second kappa shape index (κ2) is 6.36. The summed E-state index contributed by atoms with van der Waals surface area (Å²) in [5.41, 5.74) is -0.214. The van der Waals surface area contributed by atoms with Gasteiger partial charge < -0.3 is 5.32 Å². The lowest BCUT2D eigenvalue weighted by Gasteiger charge is -2.32. The highest BCUT2D eigenvalue weighted by Crippen LogP contribution is 2.27. The molecule has 126 valence electrons. The maximum absolute atomic E-state index is 12.4. The average Bonchev–Trinajstić information content (AvgIpc) is 3.01. The van der Waals surface area contributed by atoms with Crippen molar-refractivity contribution in [3.05, 3.63) is 40.8 Å². The molecule has 0 aliphatic carbocycles. The molecule has 1 aromatic heterocycles. The van der Waals surface area contributed by atoms with E-state index in [0.717, 1.165) is 31.3 Å². The van der Waals surface area contributed by atoms with E-state index in [-0.39, 0.29) is 24.1 Å². The Hall–Kier alpha value is -2.21. The molecule has 2 saturated heterocycles. The Balaban J connectivity index is 1.47. The Morgan fingerprint density at radius 3 is 3.00 bits per heavy atom. The normalized spacial score (nSPS) is 24.0. The summed E-state index contributed by atoms with van der Waals surface area (Å²) in [6.45, 7) is 2.18. The molecule has 2 aliphatic rings. The third kappa shape index (κ3) is 2.82. The maximum atomic E-state index is 12.4. The zero-order valence-electron chi connectivity index (χ0n) is 13.6. The highest BCUT2D eigenvalue weighted by Gasteiger charge is 2.36. The summed E-state index contributed by atoms with van der Waals surface area (Å²) >= 11 is 0. The molecule has 2 aromatic rings. The van der Waals surface area contributed by atoms with Crippen molar-refractivity contribution in [1.29, 1.82) is 0 Å². The zero-order valence-corrected chi connectivity index (χ0v) is 13.6. The van der Waals surface area contributed by atoms with Gasteiger partial charge in [0.2, 0.25) is 5.91 Å².